The molecule has 2 aromatic rings. The summed E-state index contributed by atoms with van der Waals surface area (Å²) in [4.78, 5) is 10.8. The van der Waals surface area contributed by atoms with Crippen molar-refractivity contribution in [3.8, 4) is 5.69 Å². The van der Waals surface area contributed by atoms with Gasteiger partial charge in [0.15, 0.2) is 5.69 Å². The Hall–Kier alpha value is -1.82. The predicted octanol–water partition coefficient (Wildman–Crippen LogP) is 1.92. The van der Waals surface area contributed by atoms with Crippen LogP contribution in [0.3, 0.4) is 0 Å². The van der Waals surface area contributed by atoms with Crippen molar-refractivity contribution in [1.29, 1.82) is 0 Å². The van der Waals surface area contributed by atoms with Gasteiger partial charge in [-0.15, -0.1) is 0 Å². The fourth-order valence-electron chi connectivity index (χ4n) is 1.30. The number of hydrogen-bond acceptors (Lipinski definition) is 3. The van der Waals surface area contributed by atoms with Crippen LogP contribution in [0.5, 0.6) is 0 Å². The summed E-state index contributed by atoms with van der Waals surface area (Å²) in [5, 5.41) is 12.7. The molecule has 6 heteroatoms. The Kier molecular flexibility index (Phi) is 2.66. The highest BCUT2D eigenvalue weighted by Gasteiger charge is 2.13. The van der Waals surface area contributed by atoms with Gasteiger partial charge in [-0.2, -0.15) is 5.10 Å². The van der Waals surface area contributed by atoms with E-state index >= 15 is 0 Å². The molecule has 0 aliphatic heterocycles. The first-order valence-electron chi connectivity index (χ1n) is 4.42. The second-order valence-corrected chi connectivity index (χ2v) is 4.08. The maximum absolute atomic E-state index is 10.8. The molecule has 5 nitrogen and oxygen atoms in total. The SMILES string of the molecule is Nc1cn(-c2cccc(Br)c2)nc1C(=O)O. The van der Waals surface area contributed by atoms with E-state index in [-0.39, 0.29) is 11.4 Å². The molecule has 0 amide bonds. The number of nitrogens with two attached hydrogens (primary N) is 1. The number of carbonyl (C=O) groups is 1. The fourth-order valence-corrected chi connectivity index (χ4v) is 1.69. The molecule has 1 heterocycles. The van der Waals surface area contributed by atoms with Crippen LogP contribution in [0.2, 0.25) is 0 Å². The van der Waals surface area contributed by atoms with Gasteiger partial charge in [0.05, 0.1) is 17.6 Å². The van der Waals surface area contributed by atoms with Crippen molar-refractivity contribution in [2.75, 3.05) is 5.73 Å². The van der Waals surface area contributed by atoms with Crippen molar-refractivity contribution in [3.05, 3.63) is 40.6 Å². The van der Waals surface area contributed by atoms with E-state index in [0.717, 1.165) is 10.2 Å². The third-order valence-electron chi connectivity index (χ3n) is 2.02. The van der Waals surface area contributed by atoms with Crippen LogP contribution in [0, 0.1) is 0 Å². The van der Waals surface area contributed by atoms with Crippen LogP contribution in [0.15, 0.2) is 34.9 Å². The molecule has 0 fully saturated rings. The first-order chi connectivity index (χ1) is 7.58. The average Bonchev–Trinajstić information content (AvgIpc) is 2.60. The van der Waals surface area contributed by atoms with Gasteiger partial charge in [-0.3, -0.25) is 0 Å². The van der Waals surface area contributed by atoms with Gasteiger partial charge in [-0.05, 0) is 18.2 Å². The minimum Gasteiger partial charge on any atom is -0.476 e. The summed E-state index contributed by atoms with van der Waals surface area (Å²) in [5.74, 6) is -1.13. The Bertz CT molecular complexity index is 551. The zero-order chi connectivity index (χ0) is 11.7. The molecule has 3 N–H and O–H groups in total. The fraction of sp³-hybridized carbons (Fsp3) is 0. The van der Waals surface area contributed by atoms with E-state index in [4.69, 9.17) is 10.8 Å². The van der Waals surface area contributed by atoms with Gasteiger partial charge in [0.25, 0.3) is 0 Å². The number of anilines is 1. The lowest BCUT2D eigenvalue weighted by Gasteiger charge is -2.00. The second kappa shape index (κ2) is 3.97. The van der Waals surface area contributed by atoms with E-state index in [9.17, 15) is 4.79 Å². The van der Waals surface area contributed by atoms with Crippen LogP contribution in [-0.4, -0.2) is 20.9 Å². The highest BCUT2D eigenvalue weighted by Crippen LogP contribution is 2.17. The first kappa shape index (κ1) is 10.7. The molecule has 1 aromatic carbocycles. The van der Waals surface area contributed by atoms with Crippen molar-refractivity contribution in [2.24, 2.45) is 0 Å². The number of hydrogen-bond donors (Lipinski definition) is 2. The van der Waals surface area contributed by atoms with Crippen LogP contribution in [0.25, 0.3) is 5.69 Å². The van der Waals surface area contributed by atoms with Gasteiger partial charge in [0, 0.05) is 4.47 Å². The van der Waals surface area contributed by atoms with Gasteiger partial charge in [-0.25, -0.2) is 9.48 Å². The number of carboxylic acid groups (broad SMARTS) is 1. The molecule has 82 valence electrons. The van der Waals surface area contributed by atoms with Crippen LogP contribution in [-0.2, 0) is 0 Å². The van der Waals surface area contributed by atoms with Crippen LogP contribution >= 0.6 is 15.9 Å². The molecule has 2 rings (SSSR count). The minimum atomic E-state index is -1.13. The van der Waals surface area contributed by atoms with Gasteiger partial charge in [0.2, 0.25) is 0 Å². The largest absolute Gasteiger partial charge is 0.476 e. The number of aromatic nitrogens is 2. The van der Waals surface area contributed by atoms with Crippen molar-refractivity contribution >= 4 is 27.6 Å². The van der Waals surface area contributed by atoms with Gasteiger partial charge >= 0.3 is 5.97 Å². The molecular formula is C10H8BrN3O2. The number of nitrogen functional groups attached to an aromatic ring is 1. The normalized spacial score (nSPS) is 10.3. The Labute approximate surface area is 99.6 Å². The molecule has 0 bridgehead atoms. The zero-order valence-corrected chi connectivity index (χ0v) is 9.68. The topological polar surface area (TPSA) is 81.1 Å². The van der Waals surface area contributed by atoms with Gasteiger partial charge in [-0.1, -0.05) is 22.0 Å². The van der Waals surface area contributed by atoms with E-state index in [0.29, 0.717) is 0 Å². The molecule has 1 aromatic heterocycles. The summed E-state index contributed by atoms with van der Waals surface area (Å²) in [6.45, 7) is 0. The van der Waals surface area contributed by atoms with Crippen molar-refractivity contribution in [3.63, 3.8) is 0 Å². The summed E-state index contributed by atoms with van der Waals surface area (Å²) in [6, 6.07) is 7.33. The summed E-state index contributed by atoms with van der Waals surface area (Å²) < 4.78 is 2.32. The maximum atomic E-state index is 10.8. The van der Waals surface area contributed by atoms with E-state index < -0.39 is 5.97 Å². The smallest absolute Gasteiger partial charge is 0.358 e. The van der Waals surface area contributed by atoms with E-state index in [1.807, 2.05) is 24.3 Å². The number of halogens is 1. The molecule has 0 saturated heterocycles. The lowest BCUT2D eigenvalue weighted by molar-refractivity contribution is 0.0691. The molecule has 0 spiro atoms. The molecule has 0 radical (unpaired) electrons. The maximum Gasteiger partial charge on any atom is 0.358 e. The van der Waals surface area contributed by atoms with E-state index in [1.165, 1.54) is 10.9 Å². The molecule has 0 aliphatic rings. The summed E-state index contributed by atoms with van der Waals surface area (Å²) >= 11 is 3.32. The standard InChI is InChI=1S/C10H8BrN3O2/c11-6-2-1-3-7(4-6)14-5-8(12)9(13-14)10(15)16/h1-5H,12H2,(H,15,16). The molecule has 0 aliphatic carbocycles. The number of rotatable bonds is 2. The predicted molar refractivity (Wildman–Crippen MR) is 62.6 cm³/mol. The Morgan fingerprint density at radius 3 is 2.81 bits per heavy atom. The molecular weight excluding hydrogens is 274 g/mol. The van der Waals surface area contributed by atoms with Crippen LogP contribution < -0.4 is 5.73 Å². The third kappa shape index (κ3) is 1.92. The number of benzene rings is 1. The average molecular weight is 282 g/mol. The summed E-state index contributed by atoms with van der Waals surface area (Å²) in [7, 11) is 0. The highest BCUT2D eigenvalue weighted by molar-refractivity contribution is 9.10. The molecule has 0 atom stereocenters. The van der Waals surface area contributed by atoms with Gasteiger partial charge in [0.1, 0.15) is 0 Å². The van der Waals surface area contributed by atoms with Gasteiger partial charge < -0.3 is 10.8 Å². The Balaban J connectivity index is 2.49. The lowest BCUT2D eigenvalue weighted by Crippen LogP contribution is -2.02. The van der Waals surface area contributed by atoms with Crippen LogP contribution in [0.1, 0.15) is 10.5 Å². The van der Waals surface area contributed by atoms with E-state index in [1.54, 1.807) is 0 Å². The quantitative estimate of drug-likeness (QED) is 0.881. The third-order valence-corrected chi connectivity index (χ3v) is 2.51. The Morgan fingerprint density at radius 2 is 2.25 bits per heavy atom. The zero-order valence-electron chi connectivity index (χ0n) is 8.09. The second-order valence-electron chi connectivity index (χ2n) is 3.16. The van der Waals surface area contributed by atoms with Crippen molar-refractivity contribution < 1.29 is 9.90 Å². The lowest BCUT2D eigenvalue weighted by atomic mass is 10.3. The molecule has 0 unspecified atom stereocenters. The summed E-state index contributed by atoms with van der Waals surface area (Å²) in [6.07, 6.45) is 1.48. The highest BCUT2D eigenvalue weighted by atomic mass is 79.9. The number of carboxylic acids is 1. The number of aromatic carboxylic acids is 1. The van der Waals surface area contributed by atoms with Crippen molar-refractivity contribution in [2.45, 2.75) is 0 Å². The van der Waals surface area contributed by atoms with E-state index in [2.05, 4.69) is 21.0 Å². The first-order valence-corrected chi connectivity index (χ1v) is 5.21. The Morgan fingerprint density at radius 1 is 1.50 bits per heavy atom. The minimum absolute atomic E-state index is 0.139. The number of nitrogens with zero attached hydrogens (tertiary/aromatic N) is 2. The molecule has 0 saturated carbocycles. The monoisotopic (exact) mass is 281 g/mol. The van der Waals surface area contributed by atoms with Crippen LogP contribution in [0.4, 0.5) is 5.69 Å². The molecule has 16 heavy (non-hydrogen) atoms. The van der Waals surface area contributed by atoms with Crippen molar-refractivity contribution in [1.82, 2.24) is 9.78 Å². The summed E-state index contributed by atoms with van der Waals surface area (Å²) in [5.41, 5.74) is 6.29.